The zero-order chi connectivity index (χ0) is 35.5. The minimum atomic E-state index is -1.86. The Morgan fingerprint density at radius 1 is 0.959 bits per heavy atom. The highest BCUT2D eigenvalue weighted by atomic mass is 28.4. The third-order valence-electron chi connectivity index (χ3n) is 10.0. The Bertz CT molecular complexity index is 1720. The van der Waals surface area contributed by atoms with E-state index in [-0.39, 0.29) is 22.4 Å². The molecular formula is C38H49N5O5Si. The van der Waals surface area contributed by atoms with Gasteiger partial charge in [0.05, 0.1) is 23.4 Å². The predicted octanol–water partition coefficient (Wildman–Crippen LogP) is 6.09. The van der Waals surface area contributed by atoms with Gasteiger partial charge >= 0.3 is 5.97 Å². The fourth-order valence-electron chi connectivity index (χ4n) is 5.67. The SMILES string of the molecule is CN1CCN(CC(=O)N(C)c2ccc(N/C(=C3\C(=O)Nc4ccc(C(=O)O)cc43)c3ccc(CCO[Si](C)(C)C(C)(C)C)cc3)cc2)CC1. The molecule has 5 rings (SSSR count). The first kappa shape index (κ1) is 36.0. The first-order valence-corrected chi connectivity index (χ1v) is 19.7. The molecule has 10 nitrogen and oxygen atoms in total. The number of nitrogens with one attached hydrogen (secondary N) is 2. The molecule has 49 heavy (non-hydrogen) atoms. The number of hydrogen-bond acceptors (Lipinski definition) is 7. The van der Waals surface area contributed by atoms with Crippen LogP contribution in [0.3, 0.4) is 0 Å². The van der Waals surface area contributed by atoms with Crippen LogP contribution >= 0.6 is 0 Å². The van der Waals surface area contributed by atoms with Gasteiger partial charge in [0.25, 0.3) is 5.91 Å². The molecule has 2 aliphatic heterocycles. The van der Waals surface area contributed by atoms with E-state index >= 15 is 0 Å². The van der Waals surface area contributed by atoms with E-state index in [9.17, 15) is 19.5 Å². The van der Waals surface area contributed by atoms with Gasteiger partial charge in [0, 0.05) is 62.5 Å². The largest absolute Gasteiger partial charge is 0.478 e. The summed E-state index contributed by atoms with van der Waals surface area (Å²) in [6, 6.07) is 20.2. The van der Waals surface area contributed by atoms with Crippen LogP contribution in [0.25, 0.3) is 11.3 Å². The number of nitrogens with zero attached hydrogens (tertiary/aromatic N) is 3. The highest BCUT2D eigenvalue weighted by molar-refractivity contribution is 6.74. The molecule has 2 amide bonds. The number of rotatable bonds is 11. The van der Waals surface area contributed by atoms with E-state index in [1.165, 1.54) is 12.1 Å². The Hall–Kier alpha value is -4.29. The zero-order valence-corrected chi connectivity index (χ0v) is 30.7. The quantitative estimate of drug-likeness (QED) is 0.164. The van der Waals surface area contributed by atoms with E-state index in [4.69, 9.17) is 4.43 Å². The molecular weight excluding hydrogens is 635 g/mol. The van der Waals surface area contributed by atoms with Crippen LogP contribution in [0.5, 0.6) is 0 Å². The Morgan fingerprint density at radius 3 is 2.20 bits per heavy atom. The number of carboxylic acids is 1. The molecule has 2 aliphatic rings. The molecule has 260 valence electrons. The summed E-state index contributed by atoms with van der Waals surface area (Å²) in [4.78, 5) is 44.5. The van der Waals surface area contributed by atoms with E-state index in [2.05, 4.69) is 61.3 Å². The molecule has 1 fully saturated rings. The molecule has 0 saturated carbocycles. The fourth-order valence-corrected chi connectivity index (χ4v) is 6.71. The van der Waals surface area contributed by atoms with E-state index in [1.54, 1.807) is 18.0 Å². The van der Waals surface area contributed by atoms with Crippen molar-refractivity contribution in [3.8, 4) is 0 Å². The van der Waals surface area contributed by atoms with Gasteiger partial charge in [-0.2, -0.15) is 0 Å². The Kier molecular flexibility index (Phi) is 10.8. The summed E-state index contributed by atoms with van der Waals surface area (Å²) in [5.41, 5.74) is 5.45. The summed E-state index contributed by atoms with van der Waals surface area (Å²) < 4.78 is 6.39. The number of anilines is 3. The normalized spacial score (nSPS) is 16.6. The molecule has 11 heteroatoms. The van der Waals surface area contributed by atoms with Gasteiger partial charge in [-0.05, 0) is 85.2 Å². The predicted molar refractivity (Wildman–Crippen MR) is 200 cm³/mol. The van der Waals surface area contributed by atoms with Gasteiger partial charge < -0.3 is 30.0 Å². The van der Waals surface area contributed by atoms with Crippen LogP contribution in [0, 0.1) is 0 Å². The summed E-state index contributed by atoms with van der Waals surface area (Å²) in [5, 5.41) is 16.2. The molecule has 0 radical (unpaired) electrons. The van der Waals surface area contributed by atoms with Crippen molar-refractivity contribution in [1.82, 2.24) is 9.80 Å². The smallest absolute Gasteiger partial charge is 0.335 e. The van der Waals surface area contributed by atoms with Crippen molar-refractivity contribution >= 4 is 54.4 Å². The van der Waals surface area contributed by atoms with E-state index in [0.717, 1.165) is 49.4 Å². The number of amides is 2. The fraction of sp³-hybridized carbons (Fsp3) is 0.395. The molecule has 0 aromatic heterocycles. The van der Waals surface area contributed by atoms with Crippen LogP contribution in [0.1, 0.15) is 47.8 Å². The van der Waals surface area contributed by atoms with Crippen molar-refractivity contribution in [3.63, 3.8) is 0 Å². The van der Waals surface area contributed by atoms with Crippen LogP contribution in [-0.2, 0) is 20.4 Å². The standard InChI is InChI=1S/C38H49N5O5Si/c1-38(2,3)49(6,7)48-23-18-26-8-10-27(11-9-26)35(34-31-24-28(37(46)47)12-17-32(31)40-36(34)45)39-29-13-15-30(16-14-29)42(5)33(44)25-43-21-19-41(4)20-22-43/h8-17,24,39H,18-23,25H2,1-7H3,(H,40,45)(H,46,47)/b35-34-. The summed E-state index contributed by atoms with van der Waals surface area (Å²) in [5.74, 6) is -1.36. The van der Waals surface area contributed by atoms with Crippen molar-refractivity contribution in [2.45, 2.75) is 45.3 Å². The van der Waals surface area contributed by atoms with Crippen LogP contribution in [0.15, 0.2) is 66.7 Å². The highest BCUT2D eigenvalue weighted by Crippen LogP contribution is 2.39. The number of carbonyl (C=O) groups excluding carboxylic acids is 2. The highest BCUT2D eigenvalue weighted by Gasteiger charge is 2.37. The summed E-state index contributed by atoms with van der Waals surface area (Å²) in [6.07, 6.45) is 0.764. The monoisotopic (exact) mass is 683 g/mol. The number of likely N-dealkylation sites (N-methyl/N-ethyl adjacent to an activating group) is 2. The van der Waals surface area contributed by atoms with Crippen molar-refractivity contribution in [2.24, 2.45) is 0 Å². The first-order valence-electron chi connectivity index (χ1n) is 16.8. The van der Waals surface area contributed by atoms with Crippen molar-refractivity contribution in [1.29, 1.82) is 0 Å². The number of piperazine rings is 1. The molecule has 3 N–H and O–H groups in total. The Morgan fingerprint density at radius 2 is 1.59 bits per heavy atom. The average Bonchev–Trinajstić information content (AvgIpc) is 3.39. The maximum Gasteiger partial charge on any atom is 0.335 e. The lowest BCUT2D eigenvalue weighted by Gasteiger charge is -2.36. The van der Waals surface area contributed by atoms with E-state index < -0.39 is 14.3 Å². The lowest BCUT2D eigenvalue weighted by molar-refractivity contribution is -0.119. The lowest BCUT2D eigenvalue weighted by Crippen LogP contribution is -2.48. The summed E-state index contributed by atoms with van der Waals surface area (Å²) in [7, 11) is 2.02. The Labute approximate surface area is 290 Å². The Balaban J connectivity index is 1.40. The first-order chi connectivity index (χ1) is 23.1. The van der Waals surface area contributed by atoms with Gasteiger partial charge in [0.2, 0.25) is 5.91 Å². The molecule has 0 spiro atoms. The van der Waals surface area contributed by atoms with Gasteiger partial charge in [-0.1, -0.05) is 45.0 Å². The van der Waals surface area contributed by atoms with Crippen molar-refractivity contribution < 1.29 is 23.9 Å². The van der Waals surface area contributed by atoms with Crippen LogP contribution in [-0.4, -0.2) is 94.4 Å². The van der Waals surface area contributed by atoms with Crippen molar-refractivity contribution in [3.05, 3.63) is 89.0 Å². The summed E-state index contributed by atoms with van der Waals surface area (Å²) in [6.45, 7) is 15.8. The number of aromatic carboxylic acids is 1. The van der Waals surface area contributed by atoms with E-state index in [1.807, 2.05) is 48.5 Å². The van der Waals surface area contributed by atoms with E-state index in [0.29, 0.717) is 41.4 Å². The van der Waals surface area contributed by atoms with Gasteiger partial charge in [-0.15, -0.1) is 0 Å². The van der Waals surface area contributed by atoms with Gasteiger partial charge in [0.1, 0.15) is 0 Å². The molecule has 0 bridgehead atoms. The van der Waals surface area contributed by atoms with Crippen LogP contribution in [0.4, 0.5) is 17.1 Å². The third kappa shape index (κ3) is 8.48. The number of benzene rings is 3. The molecule has 2 heterocycles. The summed E-state index contributed by atoms with van der Waals surface area (Å²) >= 11 is 0. The van der Waals surface area contributed by atoms with Gasteiger partial charge in [0.15, 0.2) is 8.32 Å². The number of carbonyl (C=O) groups is 3. The molecule has 1 saturated heterocycles. The maximum atomic E-state index is 13.5. The molecule has 0 unspecified atom stereocenters. The number of fused-ring (bicyclic) bond motifs is 1. The van der Waals surface area contributed by atoms with Crippen molar-refractivity contribution in [2.75, 3.05) is 69.0 Å². The second kappa shape index (κ2) is 14.7. The second-order valence-corrected chi connectivity index (χ2v) is 19.3. The third-order valence-corrected chi connectivity index (χ3v) is 14.6. The average molecular weight is 684 g/mol. The van der Waals surface area contributed by atoms with Crippen LogP contribution < -0.4 is 15.5 Å². The van der Waals surface area contributed by atoms with Crippen LogP contribution in [0.2, 0.25) is 18.1 Å². The minimum absolute atomic E-state index is 0.0244. The van der Waals surface area contributed by atoms with Gasteiger partial charge in [-0.3, -0.25) is 14.5 Å². The zero-order valence-electron chi connectivity index (χ0n) is 29.7. The second-order valence-electron chi connectivity index (χ2n) is 14.5. The number of carboxylic acid groups (broad SMARTS) is 1. The topological polar surface area (TPSA) is 114 Å². The maximum absolute atomic E-state index is 13.5. The molecule has 0 atom stereocenters. The van der Waals surface area contributed by atoms with Gasteiger partial charge in [-0.25, -0.2) is 4.79 Å². The molecule has 3 aromatic rings. The molecule has 3 aromatic carbocycles. The number of hydrogen-bond donors (Lipinski definition) is 3. The lowest BCUT2D eigenvalue weighted by atomic mass is 9.97. The molecule has 0 aliphatic carbocycles. The minimum Gasteiger partial charge on any atom is -0.478 e.